The third kappa shape index (κ3) is 35.5. The number of benzene rings is 4. The first-order valence-electron chi connectivity index (χ1n) is 37.2. The van der Waals surface area contributed by atoms with Crippen molar-refractivity contribution in [3.63, 3.8) is 0 Å². The first kappa shape index (κ1) is 113. The number of nitrogens with two attached hydrogens (primary N) is 3. The van der Waals surface area contributed by atoms with E-state index in [1.807, 2.05) is 44.7 Å². The summed E-state index contributed by atoms with van der Waals surface area (Å²) in [4.78, 5) is 98.4. The third-order valence-electron chi connectivity index (χ3n) is 16.8. The summed E-state index contributed by atoms with van der Waals surface area (Å²) in [6.45, 7) is 29.4. The topological polar surface area (TPSA) is 515 Å². The Labute approximate surface area is 747 Å². The summed E-state index contributed by atoms with van der Waals surface area (Å²) in [5.74, 6) is 1.05. The maximum Gasteiger partial charge on any atom is 1.00 e. The molecule has 3 aliphatic heterocycles. The summed E-state index contributed by atoms with van der Waals surface area (Å²) in [6, 6.07) is 18.1. The number of hydrogen-bond donors (Lipinski definition) is 9. The number of alkyl halides is 1. The van der Waals surface area contributed by atoms with E-state index < -0.39 is 77.5 Å². The number of ether oxygens (including phenoxy) is 4. The Kier molecular flexibility index (Phi) is 53.0. The number of halogens is 2. The summed E-state index contributed by atoms with van der Waals surface area (Å²) < 4.78 is 116. The summed E-state index contributed by atoms with van der Waals surface area (Å²) in [5.41, 5.74) is 15.7. The Morgan fingerprint density at radius 3 is 1.21 bits per heavy atom. The quantitative estimate of drug-likeness (QED) is 0.0150. The summed E-state index contributed by atoms with van der Waals surface area (Å²) in [7, 11) is -1.35. The summed E-state index contributed by atoms with van der Waals surface area (Å²) >= 11 is 0. The number of amides is 3. The van der Waals surface area contributed by atoms with E-state index in [9.17, 15) is 73.1 Å². The van der Waals surface area contributed by atoms with E-state index in [-0.39, 0.29) is 156 Å². The number of likely N-dealkylation sites (N-methyl/N-ethyl adjacent to an activating group) is 3. The van der Waals surface area contributed by atoms with Crippen molar-refractivity contribution < 1.29 is 166 Å². The Morgan fingerprint density at radius 2 is 0.874 bits per heavy atom. The Bertz CT molecular complexity index is 4630. The van der Waals surface area contributed by atoms with Gasteiger partial charge < -0.3 is 82.2 Å². The number of sulfonamides is 2. The van der Waals surface area contributed by atoms with Gasteiger partial charge in [0, 0.05) is 100 Å². The molecule has 3 fully saturated rings. The van der Waals surface area contributed by atoms with Crippen molar-refractivity contribution >= 4 is 88.0 Å². The van der Waals surface area contributed by atoms with E-state index in [1.54, 1.807) is 73.6 Å². The SMILES string of the molecule is C.C.CC(C)(C)O.CCCc1c(C=O)c(C)c(C(N)=O)n1N.CCCc1c(C=O)c(C)c(C(N)=O)n1NC(=O)c1cc(S(=O)(=O)N2CCN(C)CC2)ccc1OCC.CCOc1ccc(S(=O)(=O)Cl)cc1C(=O)O.CCOc1ccc(S(=O)(=O)N2CCN(C)CC2)cc1C(=O)O.CCOc1ccccc1C(=O)O.CN1CCNCC1.[2H]CF.[K+].[OH-]. The standard InChI is InChI=1S/C24H33N5O6S.C14H20N2O5S.C10H15N3O2.C9H9ClO5S.C9H10O3.C5H12N2.C4H10O.CH3F.2CH4.K.H2O/c1-5-7-20-19(15-30)16(3)22(23(25)31)29(20)26-24(32)18-14-17(8-9-21(18)35-6-2)36(33,34)28-12-10-27(4)11-13-28;1-3-21-13-5-4-11(10-12(13)14(17)18)22(19,20)16-8-6-15(2)7-9-16;1-3-4-8-7(5-14)6(2)9(10(11)15)13(8)12;1-2-15-8-4-3-6(16(10,13)14)5-7(8)9(11)12;1-2-12-8-6-4-3-5-7(8)9(10)11;1-7-4-2-6-3-5-7;1-4(2,3)5;1-2;;;;/h8-9,14-15H,5-7,10-13H2,1-4H3,(H2,25,31)(H,26,32);4-5,10H,3,6-9H2,1-2H3,(H,17,18);5H,3-4,12H2,1-2H3,(H2,11,15);3-5H,2H2,1H3,(H,11,12);3-6H,2H2,1H3,(H,10,11);6H,2-5H2,1H3;5H,1-3H3;1H3;2*1H4;;1H2/q;;;;;;;;;;+1;/p-1/i;;;;;;;1D;;;;. The van der Waals surface area contributed by atoms with Crippen molar-refractivity contribution in [2.24, 2.45) is 11.5 Å². The van der Waals surface area contributed by atoms with Crippen molar-refractivity contribution in [2.75, 3.05) is 145 Å². The van der Waals surface area contributed by atoms with E-state index in [4.69, 9.17) is 63.6 Å². The molecule has 0 saturated carbocycles. The number of aldehydes is 2. The normalized spacial score (nSPS) is 13.6. The van der Waals surface area contributed by atoms with Gasteiger partial charge in [0.05, 0.1) is 72.2 Å². The fraction of sp³-hybridized carbons (Fsp3) is 0.487. The minimum Gasteiger partial charge on any atom is -0.870 e. The number of nitrogen functional groups attached to an aromatic ring is 1. The molecule has 0 radical (unpaired) electrons. The molecule has 3 aliphatic rings. The van der Waals surface area contributed by atoms with Crippen LogP contribution in [-0.4, -0.2) is 271 Å². The molecule has 2 aromatic heterocycles. The van der Waals surface area contributed by atoms with Crippen LogP contribution in [0.5, 0.6) is 23.0 Å². The number of piperazine rings is 3. The zero-order chi connectivity index (χ0) is 88.2. The third-order valence-corrected chi connectivity index (χ3v) is 21.9. The molecule has 4 aromatic carbocycles. The number of carbonyl (C=O) groups is 8. The van der Waals surface area contributed by atoms with Gasteiger partial charge >= 0.3 is 69.3 Å². The van der Waals surface area contributed by atoms with E-state index in [0.29, 0.717) is 125 Å². The van der Waals surface area contributed by atoms with Crippen molar-refractivity contribution in [1.82, 2.24) is 38.0 Å². The molecule has 35 nitrogen and oxygen atoms in total. The molecule has 0 spiro atoms. The molecular weight excluding hydrogens is 1660 g/mol. The average molecular weight is 1790 g/mol. The van der Waals surface area contributed by atoms with Crippen LogP contribution in [0.25, 0.3) is 0 Å². The number of aromatic carboxylic acids is 3. The van der Waals surface area contributed by atoms with Gasteiger partial charge in [0.1, 0.15) is 51.1 Å². The zero-order valence-corrected chi connectivity index (χ0v) is 75.3. The van der Waals surface area contributed by atoms with Gasteiger partial charge in [-0.2, -0.15) is 8.61 Å². The Hall–Kier alpha value is -8.01. The van der Waals surface area contributed by atoms with Crippen LogP contribution in [0.3, 0.4) is 0 Å². The Morgan fingerprint density at radius 1 is 0.555 bits per heavy atom. The predicted molar refractivity (Wildman–Crippen MR) is 450 cm³/mol. The maximum absolute atomic E-state index is 13.5. The predicted octanol–water partition coefficient (Wildman–Crippen LogP) is 4.95. The van der Waals surface area contributed by atoms with Crippen LogP contribution in [0.4, 0.5) is 4.39 Å². The monoisotopic (exact) mass is 1780 g/mol. The van der Waals surface area contributed by atoms with E-state index >= 15 is 0 Å². The molecule has 0 bridgehead atoms. The number of aliphatic hydroxyl groups is 1. The number of carboxylic acids is 3. The number of carboxylic acid groups (broad SMARTS) is 3. The fourth-order valence-corrected chi connectivity index (χ4v) is 14.8. The zero-order valence-electron chi connectivity index (χ0n) is 69.9. The second-order valence-electron chi connectivity index (χ2n) is 26.5. The number of hydrogen-bond acceptors (Lipinski definition) is 25. The summed E-state index contributed by atoms with van der Waals surface area (Å²) in [5, 5.41) is 38.6. The fourth-order valence-electron chi connectivity index (χ4n) is 11.1. The number of aromatic nitrogens is 2. The smallest absolute Gasteiger partial charge is 0.870 e. The van der Waals surface area contributed by atoms with Crippen LogP contribution in [-0.2, 0) is 41.9 Å². The molecule has 0 atom stereocenters. The molecule has 119 heavy (non-hydrogen) atoms. The van der Waals surface area contributed by atoms with Crippen molar-refractivity contribution in [3.8, 4) is 23.0 Å². The maximum atomic E-state index is 13.5. The molecule has 5 heterocycles. The average Bonchev–Trinajstić information content (AvgIpc) is 1.67. The number of primary amides is 2. The van der Waals surface area contributed by atoms with E-state index in [1.165, 1.54) is 85.6 Å². The molecule has 9 rings (SSSR count). The van der Waals surface area contributed by atoms with Gasteiger partial charge in [-0.15, -0.1) is 0 Å². The number of carbonyl (C=O) groups excluding carboxylic acids is 5. The van der Waals surface area contributed by atoms with Crippen LogP contribution in [0.1, 0.15) is 197 Å². The molecule has 664 valence electrons. The van der Waals surface area contributed by atoms with Crippen LogP contribution in [0, 0.1) is 13.8 Å². The van der Waals surface area contributed by atoms with Crippen molar-refractivity contribution in [2.45, 2.75) is 137 Å². The number of para-hydroxylation sites is 1. The molecule has 0 aliphatic carbocycles. The molecule has 6 aromatic rings. The Balaban J connectivity index is -0.00000141. The van der Waals surface area contributed by atoms with Crippen LogP contribution in [0.15, 0.2) is 93.5 Å². The second kappa shape index (κ2) is 55.8. The van der Waals surface area contributed by atoms with Crippen molar-refractivity contribution in [1.29, 1.82) is 0 Å². The van der Waals surface area contributed by atoms with Gasteiger partial charge in [-0.25, -0.2) is 39.6 Å². The van der Waals surface area contributed by atoms with Crippen LogP contribution in [0.2, 0.25) is 0 Å². The summed E-state index contributed by atoms with van der Waals surface area (Å²) in [6.07, 6.45) is 3.89. The molecule has 41 heteroatoms. The first-order chi connectivity index (χ1) is 54.4. The van der Waals surface area contributed by atoms with Gasteiger partial charge in [0.25, 0.3) is 26.8 Å². The van der Waals surface area contributed by atoms with Gasteiger partial charge in [0.2, 0.25) is 20.0 Å². The second-order valence-corrected chi connectivity index (χ2v) is 32.9. The molecule has 13 N–H and O–H groups in total. The number of nitrogens with one attached hydrogen (secondary N) is 2. The minimum absolute atomic E-state index is 0. The van der Waals surface area contributed by atoms with E-state index in [0.717, 1.165) is 31.9 Å². The molecule has 3 saturated heterocycles. The first-order valence-corrected chi connectivity index (χ1v) is 41.6. The van der Waals surface area contributed by atoms with Crippen LogP contribution >= 0.6 is 10.7 Å². The minimum atomic E-state index is -3.94. The van der Waals surface area contributed by atoms with Gasteiger partial charge in [-0.3, -0.25) is 43.1 Å². The number of nitrogens with zero attached hydrogens (tertiary/aromatic N) is 7. The molecule has 3 amide bonds. The van der Waals surface area contributed by atoms with Gasteiger partial charge in [0.15, 0.2) is 12.6 Å². The van der Waals surface area contributed by atoms with E-state index in [2.05, 4.69) is 22.7 Å². The van der Waals surface area contributed by atoms with Crippen molar-refractivity contribution in [3.05, 3.63) is 146 Å². The molecule has 0 unspecified atom stereocenters. The number of rotatable bonds is 26. The van der Waals surface area contributed by atoms with Crippen LogP contribution < -0.4 is 98.4 Å². The molecular formula is C78H121ClFKN12O23S3. The van der Waals surface area contributed by atoms with Gasteiger partial charge in [-0.05, 0) is 174 Å². The largest absolute Gasteiger partial charge is 1.00 e. The van der Waals surface area contributed by atoms with Gasteiger partial charge in [-0.1, -0.05) is 53.7 Å².